The van der Waals surface area contributed by atoms with Crippen LogP contribution in [0.2, 0.25) is 0 Å². The summed E-state index contributed by atoms with van der Waals surface area (Å²) in [5, 5.41) is 3.01. The Hall–Kier alpha value is -3.41. The number of hydrogen-bond acceptors (Lipinski definition) is 5. The highest BCUT2D eigenvalue weighted by molar-refractivity contribution is 5.95. The van der Waals surface area contributed by atoms with Gasteiger partial charge in [0.15, 0.2) is 11.5 Å². The van der Waals surface area contributed by atoms with Crippen molar-refractivity contribution in [2.75, 3.05) is 14.2 Å². The summed E-state index contributed by atoms with van der Waals surface area (Å²) in [5.74, 6) is 2.05. The lowest BCUT2D eigenvalue weighted by Gasteiger charge is -2.17. The van der Waals surface area contributed by atoms with Crippen LogP contribution in [0, 0.1) is 0 Å². The number of rotatable bonds is 10. The Kier molecular flexibility index (Phi) is 7.38. The zero-order valence-corrected chi connectivity index (χ0v) is 17.5. The summed E-state index contributed by atoms with van der Waals surface area (Å²) >= 11 is 0. The first-order valence-corrected chi connectivity index (χ1v) is 9.86. The van der Waals surface area contributed by atoms with Gasteiger partial charge < -0.3 is 23.9 Å². The standard InChI is InChI=1S/C24H27NO5/c1-17(11-12-20-10-7-13-29-20)25-24(26)19-14-21(27-2)23(22(15-19)28-3)30-16-18-8-5-4-6-9-18/h4-10,13-15,17H,11-12,16H2,1-3H3,(H,25,26). The summed E-state index contributed by atoms with van der Waals surface area (Å²) in [5.41, 5.74) is 1.47. The van der Waals surface area contributed by atoms with Crippen molar-refractivity contribution in [3.63, 3.8) is 0 Å². The molecule has 1 atom stereocenters. The van der Waals surface area contributed by atoms with Crippen LogP contribution < -0.4 is 19.5 Å². The number of methoxy groups -OCH3 is 2. The maximum absolute atomic E-state index is 12.8. The second kappa shape index (κ2) is 10.4. The van der Waals surface area contributed by atoms with E-state index < -0.39 is 0 Å². The predicted octanol–water partition coefficient (Wildman–Crippen LogP) is 4.63. The molecule has 3 rings (SSSR count). The van der Waals surface area contributed by atoms with Crippen LogP contribution >= 0.6 is 0 Å². The normalized spacial score (nSPS) is 11.6. The first kappa shape index (κ1) is 21.3. The number of nitrogens with one attached hydrogen (secondary N) is 1. The van der Waals surface area contributed by atoms with Gasteiger partial charge in [0, 0.05) is 18.0 Å². The Balaban J connectivity index is 1.69. The lowest BCUT2D eigenvalue weighted by Crippen LogP contribution is -2.32. The summed E-state index contributed by atoms with van der Waals surface area (Å²) in [4.78, 5) is 12.8. The van der Waals surface area contributed by atoms with Gasteiger partial charge in [0.2, 0.25) is 5.75 Å². The van der Waals surface area contributed by atoms with Gasteiger partial charge in [-0.2, -0.15) is 0 Å². The highest BCUT2D eigenvalue weighted by Crippen LogP contribution is 2.39. The van der Waals surface area contributed by atoms with Gasteiger partial charge in [0.1, 0.15) is 12.4 Å². The van der Waals surface area contributed by atoms with Crippen LogP contribution in [0.1, 0.15) is 35.0 Å². The molecule has 6 nitrogen and oxygen atoms in total. The molecule has 1 aromatic heterocycles. The molecule has 158 valence electrons. The summed E-state index contributed by atoms with van der Waals surface area (Å²) < 4.78 is 22.2. The maximum atomic E-state index is 12.8. The van der Waals surface area contributed by atoms with E-state index in [0.29, 0.717) is 29.4 Å². The Bertz CT molecular complexity index is 912. The fourth-order valence-corrected chi connectivity index (χ4v) is 3.08. The molecular weight excluding hydrogens is 382 g/mol. The van der Waals surface area contributed by atoms with Crippen molar-refractivity contribution in [1.82, 2.24) is 5.32 Å². The van der Waals surface area contributed by atoms with E-state index in [1.807, 2.05) is 49.4 Å². The molecule has 6 heteroatoms. The molecule has 0 radical (unpaired) electrons. The molecule has 0 aliphatic carbocycles. The van der Waals surface area contributed by atoms with Crippen molar-refractivity contribution in [3.8, 4) is 17.2 Å². The highest BCUT2D eigenvalue weighted by atomic mass is 16.5. The van der Waals surface area contributed by atoms with Crippen molar-refractivity contribution < 1.29 is 23.4 Å². The van der Waals surface area contributed by atoms with E-state index in [-0.39, 0.29) is 11.9 Å². The predicted molar refractivity (Wildman–Crippen MR) is 114 cm³/mol. The van der Waals surface area contributed by atoms with Gasteiger partial charge in [-0.25, -0.2) is 0 Å². The number of aryl methyl sites for hydroxylation is 1. The molecule has 0 spiro atoms. The number of ether oxygens (including phenoxy) is 3. The molecule has 1 amide bonds. The molecular formula is C24H27NO5. The minimum absolute atomic E-state index is 0.0198. The minimum atomic E-state index is -0.201. The minimum Gasteiger partial charge on any atom is -0.493 e. The third-order valence-corrected chi connectivity index (χ3v) is 4.73. The summed E-state index contributed by atoms with van der Waals surface area (Å²) in [6.07, 6.45) is 3.18. The fraction of sp³-hybridized carbons (Fsp3) is 0.292. The van der Waals surface area contributed by atoms with Gasteiger partial charge in [-0.1, -0.05) is 30.3 Å². The number of amides is 1. The molecule has 2 aromatic carbocycles. The van der Waals surface area contributed by atoms with E-state index in [4.69, 9.17) is 18.6 Å². The lowest BCUT2D eigenvalue weighted by molar-refractivity contribution is 0.0937. The van der Waals surface area contributed by atoms with Gasteiger partial charge in [0.05, 0.1) is 20.5 Å². The molecule has 0 saturated heterocycles. The zero-order valence-electron chi connectivity index (χ0n) is 17.5. The van der Waals surface area contributed by atoms with E-state index >= 15 is 0 Å². The molecule has 30 heavy (non-hydrogen) atoms. The van der Waals surface area contributed by atoms with Crippen molar-refractivity contribution in [2.24, 2.45) is 0 Å². The highest BCUT2D eigenvalue weighted by Gasteiger charge is 2.19. The van der Waals surface area contributed by atoms with Crippen molar-refractivity contribution in [3.05, 3.63) is 77.7 Å². The fourth-order valence-electron chi connectivity index (χ4n) is 3.08. The van der Waals surface area contributed by atoms with E-state index in [2.05, 4.69) is 5.32 Å². The Labute approximate surface area is 176 Å². The van der Waals surface area contributed by atoms with E-state index in [9.17, 15) is 4.79 Å². The smallest absolute Gasteiger partial charge is 0.251 e. The van der Waals surface area contributed by atoms with E-state index in [1.54, 1.807) is 18.4 Å². The zero-order chi connectivity index (χ0) is 21.3. The number of hydrogen-bond donors (Lipinski definition) is 1. The van der Waals surface area contributed by atoms with Gasteiger partial charge in [0.25, 0.3) is 5.91 Å². The second-order valence-corrected chi connectivity index (χ2v) is 6.98. The summed E-state index contributed by atoms with van der Waals surface area (Å²) in [6.45, 7) is 2.33. The van der Waals surface area contributed by atoms with Crippen LogP contribution in [-0.4, -0.2) is 26.2 Å². The Morgan fingerprint density at radius 3 is 2.33 bits per heavy atom. The average molecular weight is 409 g/mol. The van der Waals surface area contributed by atoms with Crippen molar-refractivity contribution in [1.29, 1.82) is 0 Å². The molecule has 1 unspecified atom stereocenters. The van der Waals surface area contributed by atoms with Crippen molar-refractivity contribution in [2.45, 2.75) is 32.4 Å². The Morgan fingerprint density at radius 2 is 1.73 bits per heavy atom. The molecule has 0 fully saturated rings. The van der Waals surface area contributed by atoms with Gasteiger partial charge in [-0.15, -0.1) is 0 Å². The third-order valence-electron chi connectivity index (χ3n) is 4.73. The topological polar surface area (TPSA) is 69.9 Å². The summed E-state index contributed by atoms with van der Waals surface area (Å²) in [6, 6.07) is 16.9. The van der Waals surface area contributed by atoms with Crippen LogP contribution in [0.3, 0.4) is 0 Å². The number of furan rings is 1. The molecule has 0 aliphatic heterocycles. The molecule has 3 aromatic rings. The first-order chi connectivity index (χ1) is 14.6. The van der Waals surface area contributed by atoms with Crippen LogP contribution in [0.4, 0.5) is 0 Å². The molecule has 1 heterocycles. The number of carbonyl (C=O) groups is 1. The summed E-state index contributed by atoms with van der Waals surface area (Å²) in [7, 11) is 3.08. The largest absolute Gasteiger partial charge is 0.493 e. The molecule has 0 bridgehead atoms. The van der Waals surface area contributed by atoms with Crippen molar-refractivity contribution >= 4 is 5.91 Å². The van der Waals surface area contributed by atoms with Crippen LogP contribution in [0.25, 0.3) is 0 Å². The second-order valence-electron chi connectivity index (χ2n) is 6.98. The van der Waals surface area contributed by atoms with Crippen LogP contribution in [-0.2, 0) is 13.0 Å². The quantitative estimate of drug-likeness (QED) is 0.529. The number of carbonyl (C=O) groups excluding carboxylic acids is 1. The maximum Gasteiger partial charge on any atom is 0.251 e. The van der Waals surface area contributed by atoms with E-state index in [1.165, 1.54) is 14.2 Å². The first-order valence-electron chi connectivity index (χ1n) is 9.86. The van der Waals surface area contributed by atoms with Gasteiger partial charge in [-0.05, 0) is 43.2 Å². The number of benzene rings is 2. The molecule has 0 aliphatic rings. The third kappa shape index (κ3) is 5.56. The van der Waals surface area contributed by atoms with Gasteiger partial charge >= 0.3 is 0 Å². The average Bonchev–Trinajstić information content (AvgIpc) is 3.30. The molecule has 1 N–H and O–H groups in total. The Morgan fingerprint density at radius 1 is 1.03 bits per heavy atom. The lowest BCUT2D eigenvalue weighted by atomic mass is 10.1. The van der Waals surface area contributed by atoms with Crippen LogP contribution in [0.15, 0.2) is 65.3 Å². The molecule has 0 saturated carbocycles. The van der Waals surface area contributed by atoms with Gasteiger partial charge in [-0.3, -0.25) is 4.79 Å². The van der Waals surface area contributed by atoms with E-state index in [0.717, 1.165) is 24.2 Å². The SMILES string of the molecule is COc1cc(C(=O)NC(C)CCc2ccco2)cc(OC)c1OCc1ccccc1. The van der Waals surface area contributed by atoms with Crippen LogP contribution in [0.5, 0.6) is 17.2 Å². The monoisotopic (exact) mass is 409 g/mol.